The highest BCUT2D eigenvalue weighted by atomic mass is 35.5. The number of pyridine rings is 1. The number of nitrogens with one attached hydrogen (secondary N) is 3. The average Bonchev–Trinajstić information content (AvgIpc) is 2.66. The van der Waals surface area contributed by atoms with Crippen LogP contribution in [-0.4, -0.2) is 16.8 Å². The topological polar surface area (TPSA) is 83.1 Å². The molecule has 0 saturated carbocycles. The Morgan fingerprint density at radius 1 is 0.893 bits per heavy atom. The number of hydrogen-bond acceptors (Lipinski definition) is 4. The van der Waals surface area contributed by atoms with Gasteiger partial charge in [0.05, 0.1) is 5.02 Å². The van der Waals surface area contributed by atoms with Crippen molar-refractivity contribution in [1.82, 2.24) is 4.98 Å². The fourth-order valence-electron chi connectivity index (χ4n) is 2.41. The summed E-state index contributed by atoms with van der Waals surface area (Å²) in [6, 6.07) is 14.3. The molecule has 3 rings (SSSR count). The van der Waals surface area contributed by atoms with Crippen molar-refractivity contribution in [3.8, 4) is 0 Å². The van der Waals surface area contributed by atoms with E-state index in [1.54, 1.807) is 36.4 Å². The Morgan fingerprint density at radius 2 is 1.57 bits per heavy atom. The van der Waals surface area contributed by atoms with Crippen LogP contribution >= 0.6 is 11.6 Å². The van der Waals surface area contributed by atoms with Crippen LogP contribution in [0.25, 0.3) is 0 Å². The van der Waals surface area contributed by atoms with Crippen LogP contribution in [0.5, 0.6) is 0 Å². The van der Waals surface area contributed by atoms with E-state index in [1.165, 1.54) is 31.3 Å². The molecule has 0 aliphatic carbocycles. The smallest absolute Gasteiger partial charge is 0.274 e. The number of benzene rings is 2. The minimum absolute atomic E-state index is 0.0797. The average molecular weight is 399 g/mol. The van der Waals surface area contributed by atoms with Crippen molar-refractivity contribution in [2.75, 3.05) is 16.0 Å². The summed E-state index contributed by atoms with van der Waals surface area (Å²) in [5.74, 6) is -1.16. The van der Waals surface area contributed by atoms with Crippen LogP contribution in [0, 0.1) is 5.82 Å². The molecule has 2 aromatic carbocycles. The molecule has 0 aliphatic heterocycles. The molecule has 142 valence electrons. The van der Waals surface area contributed by atoms with Crippen LogP contribution in [0.15, 0.2) is 60.8 Å². The summed E-state index contributed by atoms with van der Waals surface area (Å²) in [5.41, 5.74) is 2.66. The molecule has 0 spiro atoms. The third-order valence-electron chi connectivity index (χ3n) is 3.66. The molecule has 0 aliphatic rings. The molecule has 0 bridgehead atoms. The van der Waals surface area contributed by atoms with Gasteiger partial charge in [-0.3, -0.25) is 14.6 Å². The fraction of sp³-hybridized carbons (Fsp3) is 0.0500. The summed E-state index contributed by atoms with van der Waals surface area (Å²) in [6.45, 7) is 1.44. The Labute approximate surface area is 165 Å². The van der Waals surface area contributed by atoms with Crippen LogP contribution in [0.4, 0.5) is 27.1 Å². The van der Waals surface area contributed by atoms with E-state index in [-0.39, 0.29) is 16.6 Å². The van der Waals surface area contributed by atoms with Gasteiger partial charge in [-0.1, -0.05) is 11.6 Å². The second-order valence-corrected chi connectivity index (χ2v) is 6.30. The van der Waals surface area contributed by atoms with Crippen molar-refractivity contribution in [1.29, 1.82) is 0 Å². The second kappa shape index (κ2) is 8.49. The highest BCUT2D eigenvalue weighted by Crippen LogP contribution is 2.21. The number of hydrogen-bond donors (Lipinski definition) is 3. The van der Waals surface area contributed by atoms with E-state index in [4.69, 9.17) is 11.6 Å². The van der Waals surface area contributed by atoms with Crippen molar-refractivity contribution in [2.24, 2.45) is 0 Å². The monoisotopic (exact) mass is 398 g/mol. The normalized spacial score (nSPS) is 10.2. The van der Waals surface area contributed by atoms with Crippen molar-refractivity contribution in [3.63, 3.8) is 0 Å². The van der Waals surface area contributed by atoms with Crippen LogP contribution < -0.4 is 16.0 Å². The first-order valence-corrected chi connectivity index (χ1v) is 8.65. The number of nitrogens with zero attached hydrogens (tertiary/aromatic N) is 1. The molecule has 0 saturated heterocycles. The molecule has 0 atom stereocenters. The van der Waals surface area contributed by atoms with Crippen molar-refractivity contribution in [3.05, 3.63) is 77.3 Å². The molecular weight excluding hydrogens is 383 g/mol. The molecule has 0 fully saturated rings. The Kier molecular flexibility index (Phi) is 5.86. The van der Waals surface area contributed by atoms with E-state index in [1.807, 2.05) is 0 Å². The molecule has 6 nitrogen and oxygen atoms in total. The molecule has 1 aromatic heterocycles. The number of amides is 2. The molecule has 8 heteroatoms. The zero-order valence-corrected chi connectivity index (χ0v) is 15.5. The fourth-order valence-corrected chi connectivity index (χ4v) is 2.59. The van der Waals surface area contributed by atoms with E-state index in [2.05, 4.69) is 20.9 Å². The molecule has 28 heavy (non-hydrogen) atoms. The predicted molar refractivity (Wildman–Crippen MR) is 108 cm³/mol. The van der Waals surface area contributed by atoms with Gasteiger partial charge in [-0.05, 0) is 54.6 Å². The van der Waals surface area contributed by atoms with Gasteiger partial charge in [0, 0.05) is 35.9 Å². The second-order valence-electron chi connectivity index (χ2n) is 5.90. The highest BCUT2D eigenvalue weighted by Gasteiger charge is 2.10. The molecule has 3 N–H and O–H groups in total. The SMILES string of the molecule is CC(=O)Nc1ccc(Nc2ccnc(C(=O)Nc3ccc(F)c(Cl)c3)c2)cc1. The summed E-state index contributed by atoms with van der Waals surface area (Å²) in [4.78, 5) is 27.5. The molecule has 1 heterocycles. The third-order valence-corrected chi connectivity index (χ3v) is 3.95. The van der Waals surface area contributed by atoms with Gasteiger partial charge in [-0.15, -0.1) is 0 Å². The van der Waals surface area contributed by atoms with Gasteiger partial charge in [0.1, 0.15) is 11.5 Å². The zero-order chi connectivity index (χ0) is 20.1. The number of halogens is 2. The van der Waals surface area contributed by atoms with Crippen LogP contribution in [0.1, 0.15) is 17.4 Å². The van der Waals surface area contributed by atoms with Crippen LogP contribution in [0.3, 0.4) is 0 Å². The molecule has 3 aromatic rings. The van der Waals surface area contributed by atoms with Gasteiger partial charge in [-0.2, -0.15) is 0 Å². The first-order valence-electron chi connectivity index (χ1n) is 8.28. The number of rotatable bonds is 5. The lowest BCUT2D eigenvalue weighted by molar-refractivity contribution is -0.114. The molecule has 0 unspecified atom stereocenters. The molecule has 0 radical (unpaired) electrons. The molecule has 2 amide bonds. The maximum absolute atomic E-state index is 13.2. The highest BCUT2D eigenvalue weighted by molar-refractivity contribution is 6.31. The van der Waals surface area contributed by atoms with Gasteiger partial charge in [0.25, 0.3) is 5.91 Å². The van der Waals surface area contributed by atoms with Gasteiger partial charge in [0.15, 0.2) is 0 Å². The van der Waals surface area contributed by atoms with E-state index in [0.717, 1.165) is 5.69 Å². The Morgan fingerprint density at radius 3 is 2.25 bits per heavy atom. The van der Waals surface area contributed by atoms with Crippen LogP contribution in [0.2, 0.25) is 5.02 Å². The zero-order valence-electron chi connectivity index (χ0n) is 14.8. The van der Waals surface area contributed by atoms with Crippen LogP contribution in [-0.2, 0) is 4.79 Å². The Hall–Kier alpha value is -3.45. The maximum atomic E-state index is 13.2. The van der Waals surface area contributed by atoms with E-state index < -0.39 is 11.7 Å². The Bertz CT molecular complexity index is 1020. The summed E-state index contributed by atoms with van der Waals surface area (Å²) in [6.07, 6.45) is 1.50. The quantitative estimate of drug-likeness (QED) is 0.575. The summed E-state index contributed by atoms with van der Waals surface area (Å²) in [7, 11) is 0. The number of carbonyl (C=O) groups excluding carboxylic acids is 2. The minimum Gasteiger partial charge on any atom is -0.355 e. The van der Waals surface area contributed by atoms with Crippen molar-refractivity contribution < 1.29 is 14.0 Å². The number of anilines is 4. The summed E-state index contributed by atoms with van der Waals surface area (Å²) >= 11 is 5.72. The van der Waals surface area contributed by atoms with E-state index >= 15 is 0 Å². The lowest BCUT2D eigenvalue weighted by Crippen LogP contribution is -2.13. The third kappa shape index (κ3) is 5.05. The first-order chi connectivity index (χ1) is 13.4. The minimum atomic E-state index is -0.562. The van der Waals surface area contributed by atoms with Crippen molar-refractivity contribution >= 4 is 46.2 Å². The lowest BCUT2D eigenvalue weighted by Gasteiger charge is -2.10. The summed E-state index contributed by atoms with van der Waals surface area (Å²) in [5, 5.41) is 8.39. The van der Waals surface area contributed by atoms with E-state index in [0.29, 0.717) is 17.1 Å². The first kappa shape index (κ1) is 19.3. The lowest BCUT2D eigenvalue weighted by atomic mass is 10.2. The molecular formula is C20H16ClFN4O2. The summed E-state index contributed by atoms with van der Waals surface area (Å²) < 4.78 is 13.2. The van der Waals surface area contributed by atoms with Gasteiger partial charge in [-0.25, -0.2) is 4.39 Å². The van der Waals surface area contributed by atoms with Gasteiger partial charge >= 0.3 is 0 Å². The maximum Gasteiger partial charge on any atom is 0.274 e. The van der Waals surface area contributed by atoms with E-state index in [9.17, 15) is 14.0 Å². The predicted octanol–water partition coefficient (Wildman–Crippen LogP) is 4.83. The van der Waals surface area contributed by atoms with Gasteiger partial charge < -0.3 is 16.0 Å². The largest absolute Gasteiger partial charge is 0.355 e. The number of aromatic nitrogens is 1. The van der Waals surface area contributed by atoms with Gasteiger partial charge in [0.2, 0.25) is 5.91 Å². The standard InChI is InChI=1S/C20H16ClFN4O2/c1-12(27)24-13-2-4-14(5-3-13)25-16-8-9-23-19(11-16)20(28)26-15-6-7-18(22)17(21)10-15/h2-11H,1H3,(H,23,25)(H,24,27)(H,26,28). The Balaban J connectivity index is 1.70. The van der Waals surface area contributed by atoms with Crippen molar-refractivity contribution in [2.45, 2.75) is 6.92 Å². The number of carbonyl (C=O) groups is 2.